The molecule has 2 rings (SSSR count). The third kappa shape index (κ3) is 3.16. The summed E-state index contributed by atoms with van der Waals surface area (Å²) in [6.45, 7) is 1.68. The van der Waals surface area contributed by atoms with Crippen molar-refractivity contribution < 1.29 is 9.53 Å². The number of amides is 1. The zero-order valence-electron chi connectivity index (χ0n) is 9.94. The molecule has 1 amide bonds. The molecule has 18 heavy (non-hydrogen) atoms. The summed E-state index contributed by atoms with van der Waals surface area (Å²) in [5, 5.41) is 0.626. The Morgan fingerprint density at radius 1 is 1.44 bits per heavy atom. The average Bonchev–Trinajstić information content (AvgIpc) is 2.41. The Labute approximate surface area is 117 Å². The van der Waals surface area contributed by atoms with Gasteiger partial charge in [-0.3, -0.25) is 4.79 Å². The van der Waals surface area contributed by atoms with Crippen LogP contribution >= 0.6 is 23.2 Å². The van der Waals surface area contributed by atoms with Crippen LogP contribution in [0.2, 0.25) is 5.02 Å². The van der Waals surface area contributed by atoms with E-state index in [9.17, 15) is 4.79 Å². The number of rotatable bonds is 3. The number of ether oxygens (including phenoxy) is 1. The van der Waals surface area contributed by atoms with Gasteiger partial charge in [0.25, 0.3) is 0 Å². The van der Waals surface area contributed by atoms with Gasteiger partial charge in [-0.05, 0) is 11.6 Å². The highest BCUT2D eigenvalue weighted by atomic mass is 35.5. The second-order valence-electron chi connectivity index (χ2n) is 4.24. The maximum atomic E-state index is 12.2. The first kappa shape index (κ1) is 13.7. The SMILES string of the molecule is O=C(Cc1ccccc1Cl)N1CCOCC1CCl. The molecule has 1 aromatic rings. The molecule has 1 aliphatic heterocycles. The Morgan fingerprint density at radius 3 is 2.94 bits per heavy atom. The molecule has 1 aromatic carbocycles. The zero-order chi connectivity index (χ0) is 13.0. The van der Waals surface area contributed by atoms with Gasteiger partial charge in [0.15, 0.2) is 0 Å². The van der Waals surface area contributed by atoms with Crippen LogP contribution < -0.4 is 0 Å². The van der Waals surface area contributed by atoms with Crippen LogP contribution in [-0.4, -0.2) is 42.5 Å². The monoisotopic (exact) mass is 287 g/mol. The molecular formula is C13H15Cl2NO2. The van der Waals surface area contributed by atoms with E-state index in [1.165, 1.54) is 0 Å². The number of morpholine rings is 1. The van der Waals surface area contributed by atoms with E-state index in [4.69, 9.17) is 27.9 Å². The van der Waals surface area contributed by atoms with E-state index in [0.29, 0.717) is 37.1 Å². The molecule has 98 valence electrons. The number of nitrogens with zero attached hydrogens (tertiary/aromatic N) is 1. The van der Waals surface area contributed by atoms with Gasteiger partial charge in [-0.25, -0.2) is 0 Å². The third-order valence-electron chi connectivity index (χ3n) is 3.03. The van der Waals surface area contributed by atoms with E-state index in [0.717, 1.165) is 5.56 Å². The summed E-state index contributed by atoms with van der Waals surface area (Å²) in [5.41, 5.74) is 0.851. The minimum Gasteiger partial charge on any atom is -0.377 e. The fourth-order valence-electron chi connectivity index (χ4n) is 2.02. The van der Waals surface area contributed by atoms with Gasteiger partial charge in [0.05, 0.1) is 25.7 Å². The van der Waals surface area contributed by atoms with Gasteiger partial charge < -0.3 is 9.64 Å². The first-order valence-electron chi connectivity index (χ1n) is 5.89. The molecule has 0 radical (unpaired) electrons. The van der Waals surface area contributed by atoms with Gasteiger partial charge in [0, 0.05) is 17.4 Å². The lowest BCUT2D eigenvalue weighted by molar-refractivity contribution is -0.138. The second kappa shape index (κ2) is 6.41. The van der Waals surface area contributed by atoms with E-state index in [-0.39, 0.29) is 11.9 Å². The number of hydrogen-bond acceptors (Lipinski definition) is 2. The normalized spacial score (nSPS) is 19.9. The van der Waals surface area contributed by atoms with Crippen molar-refractivity contribution in [1.82, 2.24) is 4.90 Å². The molecule has 5 heteroatoms. The maximum Gasteiger partial charge on any atom is 0.227 e. The Morgan fingerprint density at radius 2 is 2.22 bits per heavy atom. The Kier molecular flexibility index (Phi) is 4.87. The minimum absolute atomic E-state index is 0.0320. The molecule has 3 nitrogen and oxygen atoms in total. The summed E-state index contributed by atoms with van der Waals surface area (Å²) in [4.78, 5) is 14.0. The first-order chi connectivity index (χ1) is 8.72. The van der Waals surface area contributed by atoms with Gasteiger partial charge in [-0.15, -0.1) is 11.6 Å². The third-order valence-corrected chi connectivity index (χ3v) is 3.75. The van der Waals surface area contributed by atoms with Gasteiger partial charge >= 0.3 is 0 Å². The zero-order valence-corrected chi connectivity index (χ0v) is 11.5. The number of alkyl halides is 1. The van der Waals surface area contributed by atoms with Crippen molar-refractivity contribution in [2.45, 2.75) is 12.5 Å². The average molecular weight is 288 g/mol. The highest BCUT2D eigenvalue weighted by Gasteiger charge is 2.26. The van der Waals surface area contributed by atoms with Crippen LogP contribution in [-0.2, 0) is 16.0 Å². The summed E-state index contributed by atoms with van der Waals surface area (Å²) >= 11 is 11.9. The number of carbonyl (C=O) groups is 1. The molecule has 0 aromatic heterocycles. The van der Waals surface area contributed by atoms with Crippen LogP contribution in [0.3, 0.4) is 0 Å². The van der Waals surface area contributed by atoms with Crippen molar-refractivity contribution in [2.75, 3.05) is 25.6 Å². The fraction of sp³-hybridized carbons (Fsp3) is 0.462. The lowest BCUT2D eigenvalue weighted by Gasteiger charge is -2.34. The van der Waals surface area contributed by atoms with E-state index in [1.807, 2.05) is 18.2 Å². The molecule has 0 saturated carbocycles. The summed E-state index contributed by atoms with van der Waals surface area (Å²) < 4.78 is 5.32. The highest BCUT2D eigenvalue weighted by molar-refractivity contribution is 6.31. The lowest BCUT2D eigenvalue weighted by Crippen LogP contribution is -2.50. The van der Waals surface area contributed by atoms with E-state index in [2.05, 4.69) is 0 Å². The Hall–Kier alpha value is -0.770. The lowest BCUT2D eigenvalue weighted by atomic mass is 10.1. The molecule has 1 aliphatic rings. The van der Waals surface area contributed by atoms with Crippen molar-refractivity contribution >= 4 is 29.1 Å². The van der Waals surface area contributed by atoms with Crippen molar-refractivity contribution in [1.29, 1.82) is 0 Å². The van der Waals surface area contributed by atoms with Crippen molar-refractivity contribution in [3.8, 4) is 0 Å². The molecule has 1 saturated heterocycles. The molecule has 1 fully saturated rings. The van der Waals surface area contributed by atoms with Crippen molar-refractivity contribution in [3.05, 3.63) is 34.9 Å². The van der Waals surface area contributed by atoms with E-state index >= 15 is 0 Å². The standard InChI is InChI=1S/C13H15Cl2NO2/c14-8-11-9-18-6-5-16(11)13(17)7-10-3-1-2-4-12(10)15/h1-4,11H,5-9H2. The summed E-state index contributed by atoms with van der Waals surface area (Å²) in [5.74, 6) is 0.450. The molecular weight excluding hydrogens is 273 g/mol. The van der Waals surface area contributed by atoms with E-state index < -0.39 is 0 Å². The van der Waals surface area contributed by atoms with Crippen molar-refractivity contribution in [2.24, 2.45) is 0 Å². The van der Waals surface area contributed by atoms with Crippen LogP contribution in [0.15, 0.2) is 24.3 Å². The van der Waals surface area contributed by atoms with Gasteiger partial charge in [0.2, 0.25) is 5.91 Å². The van der Waals surface area contributed by atoms with E-state index in [1.54, 1.807) is 11.0 Å². The predicted octanol–water partition coefficient (Wildman–Crippen LogP) is 2.35. The van der Waals surface area contributed by atoms with Crippen LogP contribution in [0.25, 0.3) is 0 Å². The van der Waals surface area contributed by atoms with Gasteiger partial charge in [0.1, 0.15) is 0 Å². The maximum absolute atomic E-state index is 12.2. The fourth-order valence-corrected chi connectivity index (χ4v) is 2.48. The molecule has 0 N–H and O–H groups in total. The quantitative estimate of drug-likeness (QED) is 0.799. The van der Waals surface area contributed by atoms with Gasteiger partial charge in [-0.1, -0.05) is 29.8 Å². The van der Waals surface area contributed by atoms with Crippen LogP contribution in [0.4, 0.5) is 0 Å². The number of halogens is 2. The minimum atomic E-state index is -0.0320. The molecule has 0 aliphatic carbocycles. The van der Waals surface area contributed by atoms with Crippen molar-refractivity contribution in [3.63, 3.8) is 0 Å². The molecule has 0 bridgehead atoms. The Bertz CT molecular complexity index is 425. The molecule has 1 unspecified atom stereocenters. The number of hydrogen-bond donors (Lipinski definition) is 0. The smallest absolute Gasteiger partial charge is 0.227 e. The van der Waals surface area contributed by atoms with Gasteiger partial charge in [-0.2, -0.15) is 0 Å². The summed E-state index contributed by atoms with van der Waals surface area (Å²) in [7, 11) is 0. The highest BCUT2D eigenvalue weighted by Crippen LogP contribution is 2.18. The summed E-state index contributed by atoms with van der Waals surface area (Å²) in [6.07, 6.45) is 0.313. The summed E-state index contributed by atoms with van der Waals surface area (Å²) in [6, 6.07) is 7.37. The number of benzene rings is 1. The molecule has 0 spiro atoms. The first-order valence-corrected chi connectivity index (χ1v) is 6.80. The second-order valence-corrected chi connectivity index (χ2v) is 4.95. The van der Waals surface area contributed by atoms with Crippen LogP contribution in [0.1, 0.15) is 5.56 Å². The Balaban J connectivity index is 2.05. The van der Waals surface area contributed by atoms with Crippen LogP contribution in [0.5, 0.6) is 0 Å². The molecule has 1 atom stereocenters. The predicted molar refractivity (Wildman–Crippen MR) is 72.2 cm³/mol. The number of carbonyl (C=O) groups excluding carboxylic acids is 1. The molecule has 1 heterocycles. The topological polar surface area (TPSA) is 29.5 Å². The van der Waals surface area contributed by atoms with Crippen LogP contribution in [0, 0.1) is 0 Å². The largest absolute Gasteiger partial charge is 0.377 e.